The molecule has 11 heteroatoms. The van der Waals surface area contributed by atoms with E-state index < -0.39 is 12.8 Å². The molecule has 5 rings (SSSR count). The molecule has 1 aromatic carbocycles. The fraction of sp³-hybridized carbons (Fsp3) is 0.577. The van der Waals surface area contributed by atoms with Gasteiger partial charge in [0.15, 0.2) is 6.61 Å². The van der Waals surface area contributed by atoms with Crippen LogP contribution in [0.3, 0.4) is 0 Å². The highest BCUT2D eigenvalue weighted by atomic mass is 32.1. The number of amides is 2. The maximum Gasteiger partial charge on any atom is 0.422 e. The molecule has 3 heterocycles. The smallest absolute Gasteiger partial charge is 0.422 e. The monoisotopic (exact) mass is 536 g/mol. The van der Waals surface area contributed by atoms with Crippen molar-refractivity contribution in [3.63, 3.8) is 0 Å². The number of alkyl halides is 3. The minimum absolute atomic E-state index is 0.0416. The number of thiazole rings is 1. The molecule has 1 saturated carbocycles. The van der Waals surface area contributed by atoms with Crippen LogP contribution < -0.4 is 10.1 Å². The van der Waals surface area contributed by atoms with Gasteiger partial charge in [0, 0.05) is 48.7 Å². The number of ether oxygens (including phenoxy) is 1. The van der Waals surface area contributed by atoms with Crippen molar-refractivity contribution in [1.82, 2.24) is 20.1 Å². The Morgan fingerprint density at radius 1 is 1.22 bits per heavy atom. The number of fused-ring (bicyclic) bond motifs is 2. The van der Waals surface area contributed by atoms with Crippen molar-refractivity contribution >= 4 is 23.2 Å². The van der Waals surface area contributed by atoms with E-state index in [1.807, 2.05) is 0 Å². The van der Waals surface area contributed by atoms with Crippen LogP contribution in [0.1, 0.15) is 69.0 Å². The van der Waals surface area contributed by atoms with Crippen LogP contribution in [0.2, 0.25) is 0 Å². The van der Waals surface area contributed by atoms with Crippen LogP contribution >= 0.6 is 11.3 Å². The van der Waals surface area contributed by atoms with Crippen molar-refractivity contribution < 1.29 is 27.5 Å². The maximum absolute atomic E-state index is 13.0. The van der Waals surface area contributed by atoms with Gasteiger partial charge in [-0.2, -0.15) is 13.2 Å². The number of halogens is 3. The van der Waals surface area contributed by atoms with E-state index in [1.165, 1.54) is 11.3 Å². The van der Waals surface area contributed by atoms with Crippen molar-refractivity contribution in [3.05, 3.63) is 45.5 Å². The van der Waals surface area contributed by atoms with E-state index in [0.29, 0.717) is 30.1 Å². The van der Waals surface area contributed by atoms with E-state index in [0.717, 1.165) is 67.7 Å². The summed E-state index contributed by atoms with van der Waals surface area (Å²) >= 11 is 1.22. The third kappa shape index (κ3) is 6.09. The van der Waals surface area contributed by atoms with Crippen LogP contribution in [0, 0.1) is 5.92 Å². The maximum atomic E-state index is 13.0. The number of rotatable bonds is 7. The van der Waals surface area contributed by atoms with Gasteiger partial charge in [-0.3, -0.25) is 14.5 Å². The first-order valence-corrected chi connectivity index (χ1v) is 13.6. The summed E-state index contributed by atoms with van der Waals surface area (Å²) in [5.41, 5.74) is 2.85. The van der Waals surface area contributed by atoms with Crippen molar-refractivity contribution in [3.8, 4) is 5.19 Å². The number of nitrogens with one attached hydrogen (secondary N) is 1. The lowest BCUT2D eigenvalue weighted by atomic mass is 9.83. The molecule has 0 saturated heterocycles. The highest BCUT2D eigenvalue weighted by molar-refractivity contribution is 7.13. The van der Waals surface area contributed by atoms with Crippen LogP contribution in [0.4, 0.5) is 13.2 Å². The molecule has 1 fully saturated rings. The third-order valence-corrected chi connectivity index (χ3v) is 8.64. The molecular formula is C26H31F3N4O3S. The van der Waals surface area contributed by atoms with Gasteiger partial charge in [-0.25, -0.2) is 4.98 Å². The zero-order chi connectivity index (χ0) is 26.2. The number of hydrogen-bond donors (Lipinski definition) is 1. The number of benzene rings is 1. The second kappa shape index (κ2) is 10.6. The molecule has 1 aliphatic carbocycles. The molecular weight excluding hydrogens is 505 g/mol. The standard InChI is InChI=1S/C26H31F3N4O3S/c1-32-13-20-18(3-2-4-19(20)24(32)35)23(34)30-17-7-5-16(6-8-17)9-11-33-12-10-22-21(14-33)31-25(37-22)36-15-26(27,28)29/h2-4,16-17H,5-15H2,1H3,(H,30,34)/t16-,17-. The number of carbonyl (C=O) groups is 2. The predicted octanol–water partition coefficient (Wildman–Crippen LogP) is 4.41. The minimum atomic E-state index is -4.36. The normalized spacial score (nSPS) is 22.1. The zero-order valence-corrected chi connectivity index (χ0v) is 21.6. The van der Waals surface area contributed by atoms with Crippen molar-refractivity contribution in [2.45, 2.75) is 63.8 Å². The second-order valence-corrected chi connectivity index (χ2v) is 11.3. The van der Waals surface area contributed by atoms with Gasteiger partial charge < -0.3 is 15.0 Å². The largest absolute Gasteiger partial charge is 0.460 e. The number of hydrogen-bond acceptors (Lipinski definition) is 6. The average molecular weight is 537 g/mol. The van der Waals surface area contributed by atoms with Crippen LogP contribution in [0.25, 0.3) is 0 Å². The lowest BCUT2D eigenvalue weighted by Crippen LogP contribution is -2.38. The Balaban J connectivity index is 1.06. The molecule has 37 heavy (non-hydrogen) atoms. The summed E-state index contributed by atoms with van der Waals surface area (Å²) < 4.78 is 42.1. The Labute approximate surface area is 218 Å². The highest BCUT2D eigenvalue weighted by Crippen LogP contribution is 2.32. The Kier molecular flexibility index (Phi) is 7.44. The Bertz CT molecular complexity index is 1160. The first-order valence-electron chi connectivity index (χ1n) is 12.7. The molecule has 0 atom stereocenters. The van der Waals surface area contributed by atoms with E-state index in [-0.39, 0.29) is 23.0 Å². The quantitative estimate of drug-likeness (QED) is 0.568. The molecule has 0 radical (unpaired) electrons. The van der Waals surface area contributed by atoms with Crippen LogP contribution in [0.5, 0.6) is 5.19 Å². The minimum Gasteiger partial charge on any atom is -0.460 e. The van der Waals surface area contributed by atoms with Crippen molar-refractivity contribution in [1.29, 1.82) is 0 Å². The van der Waals surface area contributed by atoms with E-state index in [9.17, 15) is 22.8 Å². The number of aromatic nitrogens is 1. The Morgan fingerprint density at radius 2 is 2.00 bits per heavy atom. The molecule has 1 aromatic heterocycles. The van der Waals surface area contributed by atoms with Crippen molar-refractivity contribution in [2.75, 3.05) is 26.7 Å². The molecule has 2 amide bonds. The van der Waals surface area contributed by atoms with Crippen LogP contribution in [-0.4, -0.2) is 65.6 Å². The SMILES string of the molecule is CN1Cc2c(C(=O)N[C@H]3CC[C@H](CCN4CCc5sc(OCC(F)(F)F)nc5C4)CC3)cccc2C1=O. The molecule has 0 spiro atoms. The summed E-state index contributed by atoms with van der Waals surface area (Å²) in [4.78, 5) is 34.5. The van der Waals surface area contributed by atoms with E-state index in [2.05, 4.69) is 15.2 Å². The first-order chi connectivity index (χ1) is 17.7. The summed E-state index contributed by atoms with van der Waals surface area (Å²) in [7, 11) is 1.75. The first kappa shape index (κ1) is 26.0. The fourth-order valence-electron chi connectivity index (χ4n) is 5.53. The topological polar surface area (TPSA) is 74.8 Å². The van der Waals surface area contributed by atoms with Gasteiger partial charge in [0.1, 0.15) is 0 Å². The van der Waals surface area contributed by atoms with E-state index in [4.69, 9.17) is 4.74 Å². The Morgan fingerprint density at radius 3 is 2.76 bits per heavy atom. The molecule has 0 bridgehead atoms. The van der Waals surface area contributed by atoms with Crippen LogP contribution in [-0.2, 0) is 19.5 Å². The van der Waals surface area contributed by atoms with Gasteiger partial charge in [0.05, 0.1) is 5.69 Å². The molecule has 2 aliphatic heterocycles. The molecule has 2 aromatic rings. The van der Waals surface area contributed by atoms with Gasteiger partial charge in [-0.05, 0) is 68.7 Å². The average Bonchev–Trinajstić information content (AvgIpc) is 3.41. The number of carbonyl (C=O) groups excluding carboxylic acids is 2. The number of nitrogens with zero attached hydrogens (tertiary/aromatic N) is 3. The van der Waals surface area contributed by atoms with Gasteiger partial charge in [-0.1, -0.05) is 17.4 Å². The highest BCUT2D eigenvalue weighted by Gasteiger charge is 2.31. The molecule has 7 nitrogen and oxygen atoms in total. The lowest BCUT2D eigenvalue weighted by Gasteiger charge is -2.32. The van der Waals surface area contributed by atoms with Gasteiger partial charge >= 0.3 is 6.18 Å². The Hall–Kier alpha value is -2.66. The summed E-state index contributed by atoms with van der Waals surface area (Å²) in [6.45, 7) is 1.60. The summed E-state index contributed by atoms with van der Waals surface area (Å²) in [6.07, 6.45) is 1.43. The summed E-state index contributed by atoms with van der Waals surface area (Å²) in [5.74, 6) is 0.442. The molecule has 3 aliphatic rings. The van der Waals surface area contributed by atoms with E-state index >= 15 is 0 Å². The fourth-order valence-corrected chi connectivity index (χ4v) is 6.44. The molecule has 1 N–H and O–H groups in total. The summed E-state index contributed by atoms with van der Waals surface area (Å²) in [5, 5.41) is 3.29. The van der Waals surface area contributed by atoms with Gasteiger partial charge in [-0.15, -0.1) is 0 Å². The van der Waals surface area contributed by atoms with E-state index in [1.54, 1.807) is 30.1 Å². The van der Waals surface area contributed by atoms with Gasteiger partial charge in [0.25, 0.3) is 17.0 Å². The molecule has 0 unspecified atom stereocenters. The lowest BCUT2D eigenvalue weighted by molar-refractivity contribution is -0.153. The molecule has 200 valence electrons. The predicted molar refractivity (Wildman–Crippen MR) is 133 cm³/mol. The zero-order valence-electron chi connectivity index (χ0n) is 20.8. The summed E-state index contributed by atoms with van der Waals surface area (Å²) in [6, 6.07) is 5.48. The van der Waals surface area contributed by atoms with Crippen molar-refractivity contribution in [2.24, 2.45) is 5.92 Å². The van der Waals surface area contributed by atoms with Gasteiger partial charge in [0.2, 0.25) is 0 Å². The third-order valence-electron chi connectivity index (χ3n) is 7.57. The second-order valence-electron chi connectivity index (χ2n) is 10.3. The van der Waals surface area contributed by atoms with Crippen LogP contribution in [0.15, 0.2) is 18.2 Å².